The Morgan fingerprint density at radius 3 is 0.308 bits per heavy atom. The van der Waals surface area contributed by atoms with Crippen LogP contribution in [0.4, 0.5) is 0 Å². The number of aliphatic hydroxyl groups is 12. The van der Waals surface area contributed by atoms with Crippen molar-refractivity contribution in [3.63, 3.8) is 0 Å². The molecule has 0 amide bonds. The molecule has 22 heteroatoms. The average molecular weight is 910 g/mol. The molecule has 0 aromatic rings. The first-order valence-corrected chi connectivity index (χ1v) is 16.3. The molecule has 0 spiro atoms. The quantitative estimate of drug-likeness (QED) is 0.0402. The maximum absolute atomic E-state index is 8.34. The van der Waals surface area contributed by atoms with Gasteiger partial charge in [-0.25, -0.2) is 0 Å². The molecule has 18 nitrogen and oxygen atoms in total. The summed E-state index contributed by atoms with van der Waals surface area (Å²) >= 11 is 0. The largest absolute Gasteiger partial charge is 2.00 e. The summed E-state index contributed by atoms with van der Waals surface area (Å²) in [6, 6.07) is 0. The molecule has 0 fully saturated rings. The van der Waals surface area contributed by atoms with Crippen molar-refractivity contribution >= 4 is 17.4 Å². The molecule has 0 aliphatic heterocycles. The van der Waals surface area contributed by atoms with Crippen LogP contribution in [0.3, 0.4) is 0 Å². The predicted molar refractivity (Wildman–Crippen MR) is 196 cm³/mol. The standard InChI is InChI=1S/6C5H13NO2.Al.3Fe/c6*1-6(2-4-7)3-5-8;;;;/h6*7-8H,2-5H2,1H3;;;;/q;;;;;;;3*+2. The van der Waals surface area contributed by atoms with E-state index in [1.165, 1.54) is 0 Å². The minimum Gasteiger partial charge on any atom is -0.395 e. The van der Waals surface area contributed by atoms with Gasteiger partial charge in [-0.1, -0.05) is 0 Å². The molecule has 0 heterocycles. The summed E-state index contributed by atoms with van der Waals surface area (Å²) in [4.78, 5) is 11.2. The molecule has 0 aromatic carbocycles. The van der Waals surface area contributed by atoms with Crippen LogP contribution in [0.15, 0.2) is 0 Å². The summed E-state index contributed by atoms with van der Waals surface area (Å²) < 4.78 is 0. The van der Waals surface area contributed by atoms with Crippen LogP contribution >= 0.6 is 0 Å². The van der Waals surface area contributed by atoms with Crippen LogP contribution in [0.2, 0.25) is 0 Å². The smallest absolute Gasteiger partial charge is 0.395 e. The first-order valence-electron chi connectivity index (χ1n) is 16.3. The van der Waals surface area contributed by atoms with Crippen molar-refractivity contribution in [1.29, 1.82) is 0 Å². The first kappa shape index (κ1) is 77.8. The molecule has 0 aliphatic rings. The van der Waals surface area contributed by atoms with Crippen molar-refractivity contribution in [3.05, 3.63) is 0 Å². The Bertz CT molecular complexity index is 394. The van der Waals surface area contributed by atoms with E-state index in [1.807, 2.05) is 71.7 Å². The fourth-order valence-corrected chi connectivity index (χ4v) is 2.72. The van der Waals surface area contributed by atoms with Crippen molar-refractivity contribution in [2.24, 2.45) is 0 Å². The van der Waals surface area contributed by atoms with E-state index < -0.39 is 0 Å². The van der Waals surface area contributed by atoms with Crippen LogP contribution in [0.1, 0.15) is 0 Å². The van der Waals surface area contributed by atoms with Gasteiger partial charge in [0.2, 0.25) is 0 Å². The van der Waals surface area contributed by atoms with E-state index in [9.17, 15) is 0 Å². The van der Waals surface area contributed by atoms with E-state index >= 15 is 0 Å². The van der Waals surface area contributed by atoms with Crippen LogP contribution in [-0.2, 0) is 51.2 Å². The van der Waals surface area contributed by atoms with Gasteiger partial charge in [-0.05, 0) is 42.3 Å². The Morgan fingerprint density at radius 1 is 0.212 bits per heavy atom. The van der Waals surface area contributed by atoms with Gasteiger partial charge in [-0.2, -0.15) is 0 Å². The number of aliphatic hydroxyl groups excluding tert-OH is 12. The van der Waals surface area contributed by atoms with Crippen molar-refractivity contribution in [3.8, 4) is 0 Å². The average Bonchev–Trinajstić information content (AvgIpc) is 3.01. The maximum Gasteiger partial charge on any atom is 2.00 e. The van der Waals surface area contributed by atoms with E-state index in [0.29, 0.717) is 78.5 Å². The van der Waals surface area contributed by atoms with E-state index in [0.717, 1.165) is 0 Å². The molecule has 12 N–H and O–H groups in total. The Hall–Kier alpha value is 1.37. The normalized spacial score (nSPS) is 9.69. The molecule has 52 heavy (non-hydrogen) atoms. The monoisotopic (exact) mass is 909 g/mol. The van der Waals surface area contributed by atoms with E-state index in [2.05, 4.69) is 0 Å². The van der Waals surface area contributed by atoms with Crippen LogP contribution in [0, 0.1) is 0 Å². The van der Waals surface area contributed by atoms with Crippen molar-refractivity contribution < 1.29 is 112 Å². The molecule has 0 aromatic heterocycles. The zero-order valence-electron chi connectivity index (χ0n) is 32.7. The molecule has 0 saturated carbocycles. The molecule has 3 radical (unpaired) electrons. The molecule has 0 aliphatic carbocycles. The molecule has 0 atom stereocenters. The van der Waals surface area contributed by atoms with Crippen LogP contribution in [0.25, 0.3) is 0 Å². The molecule has 321 valence electrons. The van der Waals surface area contributed by atoms with Gasteiger partial charge in [0.25, 0.3) is 0 Å². The molecule has 0 saturated heterocycles. The zero-order valence-corrected chi connectivity index (χ0v) is 37.1. The van der Waals surface area contributed by atoms with Gasteiger partial charge in [0.05, 0.1) is 79.3 Å². The van der Waals surface area contributed by atoms with E-state index in [1.54, 1.807) is 0 Å². The molecular weight excluding hydrogens is 831 g/mol. The van der Waals surface area contributed by atoms with Gasteiger partial charge in [0, 0.05) is 95.9 Å². The van der Waals surface area contributed by atoms with Gasteiger partial charge < -0.3 is 90.7 Å². The number of likely N-dealkylation sites (N-methyl/N-ethyl adjacent to an activating group) is 6. The number of hydrogen-bond acceptors (Lipinski definition) is 18. The van der Waals surface area contributed by atoms with Crippen molar-refractivity contribution in [2.45, 2.75) is 0 Å². The van der Waals surface area contributed by atoms with Gasteiger partial charge >= 0.3 is 51.2 Å². The van der Waals surface area contributed by atoms with E-state index in [-0.39, 0.29) is 148 Å². The summed E-state index contributed by atoms with van der Waals surface area (Å²) in [6.07, 6.45) is 0. The van der Waals surface area contributed by atoms with Crippen molar-refractivity contribution in [2.75, 3.05) is 200 Å². The molecule has 0 unspecified atom stereocenters. The Kier molecular flexibility index (Phi) is 110. The van der Waals surface area contributed by atoms with Gasteiger partial charge in [0.1, 0.15) is 0 Å². The molecule has 0 bridgehead atoms. The third-order valence-corrected chi connectivity index (χ3v) is 5.78. The maximum atomic E-state index is 8.34. The van der Waals surface area contributed by atoms with Crippen LogP contribution in [0.5, 0.6) is 0 Å². The third kappa shape index (κ3) is 93.3. The minimum atomic E-state index is 0. The predicted octanol–water partition coefficient (Wildman–Crippen LogP) is -6.97. The Balaban J connectivity index is -0.0000000501. The second kappa shape index (κ2) is 73.5. The number of rotatable bonds is 24. The first-order chi connectivity index (χ1) is 22.8. The van der Waals surface area contributed by atoms with E-state index in [4.69, 9.17) is 61.3 Å². The summed E-state index contributed by atoms with van der Waals surface area (Å²) in [7, 11) is 11.1. The molecule has 0 rings (SSSR count). The topological polar surface area (TPSA) is 262 Å². The summed E-state index contributed by atoms with van der Waals surface area (Å²) in [5.41, 5.74) is 0. The van der Waals surface area contributed by atoms with Gasteiger partial charge in [0.15, 0.2) is 0 Å². The Labute approximate surface area is 357 Å². The SMILES string of the molecule is CN(CCO)CCO.CN(CCO)CCO.CN(CCO)CCO.CN(CCO)CCO.CN(CCO)CCO.CN(CCO)CCO.[Al].[Fe+2].[Fe+2].[Fe+2]. The number of hydrogen-bond donors (Lipinski definition) is 12. The fraction of sp³-hybridized carbons (Fsp3) is 1.00. The Morgan fingerprint density at radius 2 is 0.269 bits per heavy atom. The van der Waals surface area contributed by atoms with Crippen molar-refractivity contribution in [1.82, 2.24) is 29.4 Å². The van der Waals surface area contributed by atoms with Crippen LogP contribution < -0.4 is 0 Å². The van der Waals surface area contributed by atoms with Gasteiger partial charge in [-0.3, -0.25) is 0 Å². The van der Waals surface area contributed by atoms with Gasteiger partial charge in [-0.15, -0.1) is 0 Å². The second-order valence-corrected chi connectivity index (χ2v) is 10.5. The minimum absolute atomic E-state index is 0. The number of nitrogens with zero attached hydrogens (tertiary/aromatic N) is 6. The van der Waals surface area contributed by atoms with Crippen LogP contribution in [-0.4, -0.2) is 308 Å². The second-order valence-electron chi connectivity index (χ2n) is 10.5. The third-order valence-electron chi connectivity index (χ3n) is 5.78. The summed E-state index contributed by atoms with van der Waals surface area (Å²) in [6.45, 7) is 9.63. The molecular formula is C30H78AlFe3N6O12+6. The zero-order chi connectivity index (χ0) is 38.4. The summed E-state index contributed by atoms with van der Waals surface area (Å²) in [5.74, 6) is 0. The fourth-order valence-electron chi connectivity index (χ4n) is 2.72. The summed E-state index contributed by atoms with van der Waals surface area (Å²) in [5, 5.41) is 100.